The minimum absolute atomic E-state index is 0.0367. The first-order valence-electron chi connectivity index (χ1n) is 5.80. The summed E-state index contributed by atoms with van der Waals surface area (Å²) in [6, 6.07) is 5.35. The van der Waals surface area contributed by atoms with E-state index in [9.17, 15) is 17.6 Å². The molecule has 2 N–H and O–H groups in total. The van der Waals surface area contributed by atoms with Crippen LogP contribution in [0.1, 0.15) is 12.0 Å². The number of nitrogens with zero attached hydrogens (tertiary/aromatic N) is 2. The lowest BCUT2D eigenvalue weighted by Gasteiger charge is -2.18. The highest BCUT2D eigenvalue weighted by atomic mass is 32.2. The number of nitrogens with two attached hydrogens (primary N) is 1. The van der Waals surface area contributed by atoms with Crippen LogP contribution in [0.4, 0.5) is 10.1 Å². The van der Waals surface area contributed by atoms with Gasteiger partial charge in [0.05, 0.1) is 17.0 Å². The molecule has 0 saturated carbocycles. The Morgan fingerprint density at radius 1 is 1.50 bits per heavy atom. The quantitative estimate of drug-likeness (QED) is 0.868. The van der Waals surface area contributed by atoms with Gasteiger partial charge in [0.2, 0.25) is 15.9 Å². The lowest BCUT2D eigenvalue weighted by molar-refractivity contribution is -0.117. The Bertz CT molecular complexity index is 696. The zero-order valence-electron chi connectivity index (χ0n) is 10.4. The zero-order valence-corrected chi connectivity index (χ0v) is 11.2. The highest BCUT2D eigenvalue weighted by molar-refractivity contribution is 7.89. The highest BCUT2D eigenvalue weighted by Crippen LogP contribution is 2.28. The maximum absolute atomic E-state index is 13.1. The van der Waals surface area contributed by atoms with Crippen LogP contribution >= 0.6 is 0 Å². The molecule has 0 spiro atoms. The number of sulfonamides is 1. The van der Waals surface area contributed by atoms with Crippen LogP contribution in [-0.2, 0) is 14.8 Å². The average Bonchev–Trinajstić information content (AvgIpc) is 2.67. The Labute approximate surface area is 115 Å². The molecule has 106 valence electrons. The second-order valence-electron chi connectivity index (χ2n) is 4.68. The number of benzene rings is 1. The normalized spacial score (nSPS) is 19.1. The maximum Gasteiger partial charge on any atom is 0.227 e. The van der Waals surface area contributed by atoms with Gasteiger partial charge in [-0.3, -0.25) is 4.79 Å². The molecule has 1 fully saturated rings. The fourth-order valence-corrected chi connectivity index (χ4v) is 3.17. The first-order chi connectivity index (χ1) is 9.30. The molecule has 1 saturated heterocycles. The molecule has 0 radical (unpaired) electrons. The van der Waals surface area contributed by atoms with Crippen molar-refractivity contribution in [3.8, 4) is 6.07 Å². The van der Waals surface area contributed by atoms with Crippen molar-refractivity contribution in [3.05, 3.63) is 29.6 Å². The molecule has 1 aliphatic rings. The van der Waals surface area contributed by atoms with E-state index in [1.807, 2.05) is 6.07 Å². The number of anilines is 1. The molecule has 1 unspecified atom stereocenters. The van der Waals surface area contributed by atoms with Crippen LogP contribution in [-0.4, -0.2) is 26.6 Å². The van der Waals surface area contributed by atoms with Gasteiger partial charge in [-0.2, -0.15) is 5.26 Å². The maximum atomic E-state index is 13.1. The molecule has 1 heterocycles. The Hall–Kier alpha value is -1.98. The lowest BCUT2D eigenvalue weighted by Crippen LogP contribution is -2.28. The minimum atomic E-state index is -3.66. The van der Waals surface area contributed by atoms with Gasteiger partial charge < -0.3 is 4.90 Å². The lowest BCUT2D eigenvalue weighted by atomic mass is 10.1. The van der Waals surface area contributed by atoms with Crippen molar-refractivity contribution in [2.24, 2.45) is 11.1 Å². The van der Waals surface area contributed by atoms with Crippen molar-refractivity contribution in [2.45, 2.75) is 6.42 Å². The Balaban J connectivity index is 2.27. The molecule has 1 amide bonds. The van der Waals surface area contributed by atoms with Crippen LogP contribution in [0.3, 0.4) is 0 Å². The predicted octanol–water partition coefficient (Wildman–Crippen LogP) is 0.339. The molecular formula is C12H12FN3O3S. The van der Waals surface area contributed by atoms with Crippen LogP contribution < -0.4 is 10.0 Å². The summed E-state index contributed by atoms with van der Waals surface area (Å²) < 4.78 is 35.2. The molecular weight excluding hydrogens is 285 g/mol. The third-order valence-corrected chi connectivity index (χ3v) is 3.98. The number of amides is 1. The number of primary sulfonamides is 1. The molecule has 8 heteroatoms. The van der Waals surface area contributed by atoms with E-state index in [2.05, 4.69) is 0 Å². The first-order valence-corrected chi connectivity index (χ1v) is 7.52. The topological polar surface area (TPSA) is 104 Å². The van der Waals surface area contributed by atoms with Crippen LogP contribution in [0.25, 0.3) is 0 Å². The summed E-state index contributed by atoms with van der Waals surface area (Å²) in [6.07, 6.45) is 0.0404. The van der Waals surface area contributed by atoms with Crippen LogP contribution in [0.5, 0.6) is 0 Å². The average molecular weight is 297 g/mol. The van der Waals surface area contributed by atoms with E-state index in [1.54, 1.807) is 0 Å². The number of hydrogen-bond donors (Lipinski definition) is 1. The number of carbonyl (C=O) groups is 1. The molecule has 1 aromatic rings. The van der Waals surface area contributed by atoms with Crippen LogP contribution in [0, 0.1) is 23.1 Å². The summed E-state index contributed by atoms with van der Waals surface area (Å²) >= 11 is 0. The molecule has 0 bridgehead atoms. The standard InChI is InChI=1S/C12H12FN3O3S/c13-10-1-2-11(9(4-10)5-14)16-6-8(3-12(16)17)7-20(15,18)19/h1-2,4,8H,3,6-7H2,(H2,15,18,19). The van der Waals surface area contributed by atoms with Gasteiger partial charge in [0.15, 0.2) is 0 Å². The largest absolute Gasteiger partial charge is 0.311 e. The van der Waals surface area contributed by atoms with Gasteiger partial charge in [-0.05, 0) is 18.2 Å². The Morgan fingerprint density at radius 2 is 2.20 bits per heavy atom. The molecule has 20 heavy (non-hydrogen) atoms. The van der Waals surface area contributed by atoms with E-state index < -0.39 is 21.8 Å². The summed E-state index contributed by atoms with van der Waals surface area (Å²) in [5, 5.41) is 13.9. The van der Waals surface area contributed by atoms with E-state index in [1.165, 1.54) is 11.0 Å². The molecule has 0 aromatic heterocycles. The summed E-state index contributed by atoms with van der Waals surface area (Å²) in [5.41, 5.74) is 0.324. The third kappa shape index (κ3) is 3.12. The molecule has 2 rings (SSSR count). The second kappa shape index (κ2) is 5.19. The fraction of sp³-hybridized carbons (Fsp3) is 0.333. The fourth-order valence-electron chi connectivity index (χ4n) is 2.29. The van der Waals surface area contributed by atoms with Crippen molar-refractivity contribution >= 4 is 21.6 Å². The van der Waals surface area contributed by atoms with Crippen LogP contribution in [0.2, 0.25) is 0 Å². The molecule has 1 aliphatic heterocycles. The van der Waals surface area contributed by atoms with E-state index in [0.717, 1.165) is 12.1 Å². The van der Waals surface area contributed by atoms with Crippen molar-refractivity contribution in [2.75, 3.05) is 17.2 Å². The number of nitriles is 1. The Morgan fingerprint density at radius 3 is 2.80 bits per heavy atom. The van der Waals surface area contributed by atoms with Crippen molar-refractivity contribution < 1.29 is 17.6 Å². The first kappa shape index (κ1) is 14.4. The monoisotopic (exact) mass is 297 g/mol. The number of hydrogen-bond acceptors (Lipinski definition) is 4. The van der Waals surface area contributed by atoms with Gasteiger partial charge in [-0.1, -0.05) is 0 Å². The number of rotatable bonds is 3. The van der Waals surface area contributed by atoms with Crippen molar-refractivity contribution in [1.29, 1.82) is 5.26 Å². The molecule has 1 atom stereocenters. The van der Waals surface area contributed by atoms with Gasteiger partial charge in [0, 0.05) is 18.9 Å². The van der Waals surface area contributed by atoms with Gasteiger partial charge in [0.25, 0.3) is 0 Å². The second-order valence-corrected chi connectivity index (χ2v) is 6.34. The smallest absolute Gasteiger partial charge is 0.227 e. The summed E-state index contributed by atoms with van der Waals surface area (Å²) in [7, 11) is -3.66. The summed E-state index contributed by atoms with van der Waals surface area (Å²) in [4.78, 5) is 13.2. The highest BCUT2D eigenvalue weighted by Gasteiger charge is 2.33. The van der Waals surface area contributed by atoms with Gasteiger partial charge in [-0.25, -0.2) is 17.9 Å². The van der Waals surface area contributed by atoms with Gasteiger partial charge in [-0.15, -0.1) is 0 Å². The molecule has 0 aliphatic carbocycles. The predicted molar refractivity (Wildman–Crippen MR) is 69.5 cm³/mol. The summed E-state index contributed by atoms with van der Waals surface area (Å²) in [6.45, 7) is 0.148. The van der Waals surface area contributed by atoms with Gasteiger partial charge in [0.1, 0.15) is 11.9 Å². The number of halogens is 1. The van der Waals surface area contributed by atoms with Crippen molar-refractivity contribution in [3.63, 3.8) is 0 Å². The third-order valence-electron chi connectivity index (χ3n) is 3.04. The number of carbonyl (C=O) groups excluding carboxylic acids is 1. The zero-order chi connectivity index (χ0) is 14.9. The van der Waals surface area contributed by atoms with Crippen LogP contribution in [0.15, 0.2) is 18.2 Å². The SMILES string of the molecule is N#Cc1cc(F)ccc1N1CC(CS(N)(=O)=O)CC1=O. The van der Waals surface area contributed by atoms with E-state index >= 15 is 0 Å². The Kier molecular flexibility index (Phi) is 3.74. The molecule has 6 nitrogen and oxygen atoms in total. The van der Waals surface area contributed by atoms with Crippen molar-refractivity contribution in [1.82, 2.24) is 0 Å². The van der Waals surface area contributed by atoms with E-state index in [0.29, 0.717) is 0 Å². The van der Waals surface area contributed by atoms with E-state index in [4.69, 9.17) is 10.4 Å². The molecule has 1 aromatic carbocycles. The minimum Gasteiger partial charge on any atom is -0.311 e. The van der Waals surface area contributed by atoms with E-state index in [-0.39, 0.29) is 35.9 Å². The summed E-state index contributed by atoms with van der Waals surface area (Å²) in [5.74, 6) is -1.59. The van der Waals surface area contributed by atoms with Gasteiger partial charge >= 0.3 is 0 Å².